The van der Waals surface area contributed by atoms with Crippen molar-refractivity contribution < 1.29 is 27.5 Å². The van der Waals surface area contributed by atoms with Gasteiger partial charge in [-0.2, -0.15) is 13.2 Å². The molecule has 0 atom stereocenters. The van der Waals surface area contributed by atoms with Crippen molar-refractivity contribution in [3.05, 3.63) is 41.5 Å². The zero-order valence-electron chi connectivity index (χ0n) is 14.3. The number of hydrogen-bond acceptors (Lipinski definition) is 3. The van der Waals surface area contributed by atoms with Gasteiger partial charge < -0.3 is 10.1 Å². The molecular formula is C19H22F3NO3. The van der Waals surface area contributed by atoms with Crippen molar-refractivity contribution in [2.75, 3.05) is 13.2 Å². The Labute approximate surface area is 150 Å². The van der Waals surface area contributed by atoms with Gasteiger partial charge >= 0.3 is 12.1 Å². The molecule has 0 unspecified atom stereocenters. The Bertz CT molecular complexity index is 632. The molecule has 0 bridgehead atoms. The van der Waals surface area contributed by atoms with Gasteiger partial charge in [0.05, 0.1) is 5.56 Å². The highest BCUT2D eigenvalue weighted by Crippen LogP contribution is 2.29. The lowest BCUT2D eigenvalue weighted by molar-refractivity contribution is -0.143. The number of halogens is 3. The molecule has 26 heavy (non-hydrogen) atoms. The Morgan fingerprint density at radius 3 is 2.38 bits per heavy atom. The Kier molecular flexibility index (Phi) is 7.24. The first-order valence-corrected chi connectivity index (χ1v) is 8.63. The fraction of sp³-hybridized carbons (Fsp3) is 0.474. The standard InChI is InChI=1S/C19H22F3NO3/c20-19(21,22)16-9-6-14(7-10-16)8-11-18(25)26-13-17(24)23-12-15-4-2-1-3-5-15/h6-11,15H,1-5,12-13H2,(H,23,24). The molecule has 1 saturated carbocycles. The lowest BCUT2D eigenvalue weighted by Crippen LogP contribution is -2.33. The largest absolute Gasteiger partial charge is 0.452 e. The van der Waals surface area contributed by atoms with Crippen LogP contribution in [0.15, 0.2) is 30.3 Å². The molecule has 7 heteroatoms. The maximum absolute atomic E-state index is 12.5. The van der Waals surface area contributed by atoms with Gasteiger partial charge in [0.2, 0.25) is 0 Å². The van der Waals surface area contributed by atoms with Crippen molar-refractivity contribution in [1.82, 2.24) is 5.32 Å². The second kappa shape index (κ2) is 9.40. The first-order chi connectivity index (χ1) is 12.3. The lowest BCUT2D eigenvalue weighted by Gasteiger charge is -2.21. The summed E-state index contributed by atoms with van der Waals surface area (Å²) in [6.07, 6.45) is 3.85. The molecule has 0 heterocycles. The molecule has 0 aromatic heterocycles. The molecule has 0 radical (unpaired) electrons. The predicted molar refractivity (Wildman–Crippen MR) is 91.0 cm³/mol. The minimum atomic E-state index is -4.40. The summed E-state index contributed by atoms with van der Waals surface area (Å²) in [6, 6.07) is 4.38. The Hall–Kier alpha value is -2.31. The SMILES string of the molecule is O=C(COC(=O)C=Cc1ccc(C(F)(F)F)cc1)NCC1CCCCC1. The van der Waals surface area contributed by atoms with Gasteiger partial charge in [0.15, 0.2) is 6.61 Å². The molecular weight excluding hydrogens is 347 g/mol. The number of amides is 1. The summed E-state index contributed by atoms with van der Waals surface area (Å²) >= 11 is 0. The van der Waals surface area contributed by atoms with Crippen molar-refractivity contribution in [1.29, 1.82) is 0 Å². The van der Waals surface area contributed by atoms with Crippen molar-refractivity contribution in [3.8, 4) is 0 Å². The first kappa shape index (κ1) is 20.0. The quantitative estimate of drug-likeness (QED) is 0.610. The van der Waals surface area contributed by atoms with E-state index in [1.54, 1.807) is 0 Å². The van der Waals surface area contributed by atoms with E-state index < -0.39 is 17.7 Å². The van der Waals surface area contributed by atoms with Gasteiger partial charge in [0.1, 0.15) is 0 Å². The number of esters is 1. The van der Waals surface area contributed by atoms with Crippen molar-refractivity contribution in [2.45, 2.75) is 38.3 Å². The number of nitrogens with one attached hydrogen (secondary N) is 1. The average Bonchev–Trinajstić information content (AvgIpc) is 2.63. The number of benzene rings is 1. The maximum atomic E-state index is 12.5. The smallest absolute Gasteiger partial charge is 0.416 e. The third kappa shape index (κ3) is 6.90. The molecule has 0 spiro atoms. The summed E-state index contributed by atoms with van der Waals surface area (Å²) in [6.45, 7) is 0.223. The van der Waals surface area contributed by atoms with E-state index in [1.165, 1.54) is 37.5 Å². The summed E-state index contributed by atoms with van der Waals surface area (Å²) < 4.78 is 42.2. The molecule has 0 aliphatic heterocycles. The van der Waals surface area contributed by atoms with Crippen LogP contribution in [0.5, 0.6) is 0 Å². The van der Waals surface area contributed by atoms with Crippen LogP contribution >= 0.6 is 0 Å². The van der Waals surface area contributed by atoms with Gasteiger partial charge in [-0.25, -0.2) is 4.79 Å². The zero-order valence-corrected chi connectivity index (χ0v) is 14.3. The Morgan fingerprint density at radius 2 is 1.77 bits per heavy atom. The third-order valence-electron chi connectivity index (χ3n) is 4.31. The minimum absolute atomic E-state index is 0.355. The molecule has 4 nitrogen and oxygen atoms in total. The average molecular weight is 369 g/mol. The van der Waals surface area contributed by atoms with E-state index in [0.717, 1.165) is 31.1 Å². The van der Waals surface area contributed by atoms with Crippen LogP contribution in [0.25, 0.3) is 6.08 Å². The number of alkyl halides is 3. The molecule has 1 fully saturated rings. The third-order valence-corrected chi connectivity index (χ3v) is 4.31. The number of rotatable bonds is 6. The van der Waals surface area contributed by atoms with Gasteiger partial charge in [-0.15, -0.1) is 0 Å². The summed E-state index contributed by atoms with van der Waals surface area (Å²) in [5.74, 6) is -0.590. The van der Waals surface area contributed by atoms with Gasteiger partial charge in [-0.1, -0.05) is 31.4 Å². The van der Waals surface area contributed by atoms with E-state index >= 15 is 0 Å². The van der Waals surface area contributed by atoms with Crippen molar-refractivity contribution in [2.24, 2.45) is 5.92 Å². The van der Waals surface area contributed by atoms with Crippen LogP contribution in [-0.4, -0.2) is 25.0 Å². The molecule has 1 aromatic rings. The maximum Gasteiger partial charge on any atom is 0.416 e. The first-order valence-electron chi connectivity index (χ1n) is 8.63. The normalized spacial score (nSPS) is 15.8. The fourth-order valence-electron chi connectivity index (χ4n) is 2.83. The van der Waals surface area contributed by atoms with Crippen LogP contribution in [0.2, 0.25) is 0 Å². The van der Waals surface area contributed by atoms with Crippen LogP contribution in [0.3, 0.4) is 0 Å². The van der Waals surface area contributed by atoms with Crippen LogP contribution in [0, 0.1) is 5.92 Å². The zero-order chi connectivity index (χ0) is 19.0. The predicted octanol–water partition coefficient (Wildman–Crippen LogP) is 3.96. The van der Waals surface area contributed by atoms with Crippen molar-refractivity contribution >= 4 is 18.0 Å². The molecule has 142 valence electrons. The molecule has 1 amide bonds. The Morgan fingerprint density at radius 1 is 1.12 bits per heavy atom. The highest BCUT2D eigenvalue weighted by atomic mass is 19.4. The van der Waals surface area contributed by atoms with E-state index in [4.69, 9.17) is 4.74 Å². The van der Waals surface area contributed by atoms with Gasteiger partial charge in [-0.05, 0) is 42.5 Å². The van der Waals surface area contributed by atoms with Gasteiger partial charge in [-0.3, -0.25) is 4.79 Å². The van der Waals surface area contributed by atoms with Crippen LogP contribution < -0.4 is 5.32 Å². The Balaban J connectivity index is 1.70. The second-order valence-corrected chi connectivity index (χ2v) is 6.37. The molecule has 2 rings (SSSR count). The van der Waals surface area contributed by atoms with Crippen molar-refractivity contribution in [3.63, 3.8) is 0 Å². The molecule has 1 aromatic carbocycles. The summed E-state index contributed by atoms with van der Waals surface area (Å²) in [7, 11) is 0. The number of hydrogen-bond donors (Lipinski definition) is 1. The lowest BCUT2D eigenvalue weighted by atomic mass is 9.89. The van der Waals surface area contributed by atoms with Crippen LogP contribution in [0.1, 0.15) is 43.2 Å². The summed E-state index contributed by atoms with van der Waals surface area (Å²) in [4.78, 5) is 23.3. The number of carbonyl (C=O) groups excluding carboxylic acids is 2. The highest BCUT2D eigenvalue weighted by Gasteiger charge is 2.29. The molecule has 1 aliphatic carbocycles. The molecule has 1 N–H and O–H groups in total. The monoisotopic (exact) mass is 369 g/mol. The fourth-order valence-corrected chi connectivity index (χ4v) is 2.83. The highest BCUT2D eigenvalue weighted by molar-refractivity contribution is 5.89. The van der Waals surface area contributed by atoms with E-state index in [9.17, 15) is 22.8 Å². The van der Waals surface area contributed by atoms with Gasteiger partial charge in [0.25, 0.3) is 5.91 Å². The van der Waals surface area contributed by atoms with E-state index in [1.807, 2.05) is 0 Å². The van der Waals surface area contributed by atoms with Crippen LogP contribution in [0.4, 0.5) is 13.2 Å². The van der Waals surface area contributed by atoms with E-state index in [0.29, 0.717) is 18.0 Å². The van der Waals surface area contributed by atoms with E-state index in [2.05, 4.69) is 5.32 Å². The van der Waals surface area contributed by atoms with E-state index in [-0.39, 0.29) is 12.5 Å². The minimum Gasteiger partial charge on any atom is -0.452 e. The topological polar surface area (TPSA) is 55.4 Å². The number of ether oxygens (including phenoxy) is 1. The van der Waals surface area contributed by atoms with Gasteiger partial charge in [0, 0.05) is 12.6 Å². The molecule has 0 saturated heterocycles. The second-order valence-electron chi connectivity index (χ2n) is 6.37. The summed E-state index contributed by atoms with van der Waals surface area (Å²) in [5, 5.41) is 2.76. The number of carbonyl (C=O) groups is 2. The summed E-state index contributed by atoms with van der Waals surface area (Å²) in [5.41, 5.74) is -0.330. The van der Waals surface area contributed by atoms with Crippen LogP contribution in [-0.2, 0) is 20.5 Å². The molecule has 1 aliphatic rings.